The van der Waals surface area contributed by atoms with Crippen LogP contribution in [0.2, 0.25) is 0 Å². The number of fused-ring (bicyclic) bond motifs is 2. The monoisotopic (exact) mass is 404 g/mol. The molecular weight excluding hydrogens is 380 g/mol. The fourth-order valence-electron chi connectivity index (χ4n) is 3.72. The summed E-state index contributed by atoms with van der Waals surface area (Å²) in [5.74, 6) is 2.02. The molecule has 2 aromatic carbocycles. The molecule has 1 aliphatic heterocycles. The molecule has 30 heavy (non-hydrogen) atoms. The maximum absolute atomic E-state index is 11.4. The van der Waals surface area contributed by atoms with E-state index < -0.39 is 5.97 Å². The molecule has 154 valence electrons. The van der Waals surface area contributed by atoms with Crippen LogP contribution in [-0.2, 0) is 17.6 Å². The van der Waals surface area contributed by atoms with Crippen molar-refractivity contribution in [1.82, 2.24) is 4.98 Å². The van der Waals surface area contributed by atoms with Gasteiger partial charge < -0.3 is 19.9 Å². The van der Waals surface area contributed by atoms with Gasteiger partial charge in [-0.3, -0.25) is 4.79 Å². The van der Waals surface area contributed by atoms with Crippen LogP contribution in [0.4, 0.5) is 5.82 Å². The third kappa shape index (κ3) is 4.54. The Kier molecular flexibility index (Phi) is 5.84. The summed E-state index contributed by atoms with van der Waals surface area (Å²) in [5.41, 5.74) is 2.86. The summed E-state index contributed by atoms with van der Waals surface area (Å²) in [4.78, 5) is 15.9. The second-order valence-electron chi connectivity index (χ2n) is 7.27. The van der Waals surface area contributed by atoms with Gasteiger partial charge in [-0.2, -0.15) is 0 Å². The third-order valence-electron chi connectivity index (χ3n) is 5.19. The van der Waals surface area contributed by atoms with E-state index in [0.29, 0.717) is 36.7 Å². The molecule has 1 aliphatic rings. The fraction of sp³-hybridized carbons (Fsp3) is 0.250. The third-order valence-corrected chi connectivity index (χ3v) is 5.19. The molecule has 4 rings (SSSR count). The first-order valence-corrected chi connectivity index (χ1v) is 10.0. The molecule has 1 unspecified atom stereocenters. The highest BCUT2D eigenvalue weighted by Crippen LogP contribution is 2.41. The zero-order valence-corrected chi connectivity index (χ0v) is 16.8. The second kappa shape index (κ2) is 8.86. The first kappa shape index (κ1) is 19.8. The highest BCUT2D eigenvalue weighted by Gasteiger charge is 2.25. The number of hydrogen-bond donors (Lipinski definition) is 2. The Morgan fingerprint density at radius 2 is 2.03 bits per heavy atom. The number of nitrogens with zero attached hydrogens (tertiary/aromatic N) is 1. The van der Waals surface area contributed by atoms with Crippen molar-refractivity contribution in [3.63, 3.8) is 0 Å². The molecule has 0 fully saturated rings. The van der Waals surface area contributed by atoms with E-state index in [1.165, 1.54) is 0 Å². The van der Waals surface area contributed by atoms with Crippen molar-refractivity contribution in [2.24, 2.45) is 0 Å². The number of benzene rings is 2. The van der Waals surface area contributed by atoms with E-state index >= 15 is 0 Å². The molecule has 1 aromatic heterocycles. The Hall–Kier alpha value is -3.54. The Morgan fingerprint density at radius 3 is 2.87 bits per heavy atom. The van der Waals surface area contributed by atoms with Gasteiger partial charge >= 0.3 is 5.97 Å². The molecule has 0 spiro atoms. The predicted molar refractivity (Wildman–Crippen MR) is 115 cm³/mol. The largest absolute Gasteiger partial charge is 0.493 e. The number of ether oxygens (including phenoxy) is 2. The Labute approximate surface area is 175 Å². The van der Waals surface area contributed by atoms with Gasteiger partial charge in [-0.05, 0) is 41.8 Å². The van der Waals surface area contributed by atoms with Crippen LogP contribution >= 0.6 is 0 Å². The van der Waals surface area contributed by atoms with Crippen LogP contribution in [0.5, 0.6) is 17.2 Å². The molecule has 0 amide bonds. The van der Waals surface area contributed by atoms with Crippen LogP contribution in [0.25, 0.3) is 0 Å². The normalized spacial score (nSPS) is 14.6. The van der Waals surface area contributed by atoms with Gasteiger partial charge in [0.05, 0.1) is 13.0 Å². The minimum Gasteiger partial charge on any atom is -0.493 e. The van der Waals surface area contributed by atoms with Crippen LogP contribution in [0.1, 0.15) is 29.2 Å². The average molecular weight is 404 g/mol. The van der Waals surface area contributed by atoms with Gasteiger partial charge in [-0.1, -0.05) is 30.3 Å². The summed E-state index contributed by atoms with van der Waals surface area (Å²) in [6.07, 6.45) is 1.37. The maximum Gasteiger partial charge on any atom is 0.303 e. The van der Waals surface area contributed by atoms with Crippen LogP contribution in [-0.4, -0.2) is 29.7 Å². The molecule has 6 nitrogen and oxygen atoms in total. The Balaban J connectivity index is 1.49. The van der Waals surface area contributed by atoms with Crippen LogP contribution in [0.3, 0.4) is 0 Å². The van der Waals surface area contributed by atoms with Gasteiger partial charge in [0.15, 0.2) is 0 Å². The summed E-state index contributed by atoms with van der Waals surface area (Å²) >= 11 is 0. The zero-order chi connectivity index (χ0) is 20.9. The van der Waals surface area contributed by atoms with Gasteiger partial charge in [0.1, 0.15) is 23.1 Å². The van der Waals surface area contributed by atoms with E-state index in [0.717, 1.165) is 22.6 Å². The summed E-state index contributed by atoms with van der Waals surface area (Å²) in [5, 5.41) is 12.4. The van der Waals surface area contributed by atoms with E-state index in [9.17, 15) is 9.90 Å². The smallest absolute Gasteiger partial charge is 0.303 e. The van der Waals surface area contributed by atoms with Crippen LogP contribution in [0, 0.1) is 0 Å². The van der Waals surface area contributed by atoms with E-state index in [4.69, 9.17) is 9.47 Å². The number of rotatable bonds is 7. The van der Waals surface area contributed by atoms with Gasteiger partial charge in [0.2, 0.25) is 0 Å². The molecule has 3 aromatic rings. The number of anilines is 1. The molecule has 6 heteroatoms. The number of aromatic nitrogens is 1. The number of carbonyl (C=O) groups is 1. The average Bonchev–Trinajstić information content (AvgIpc) is 2.90. The standard InChI is InChI=1S/C24H24N2O4/c1-25-23-8-4-5-18(26-23)11-12-29-19-10-9-16-13-17(14-24(27)28)20-6-2-3-7-21(20)30-22(16)15-19/h2-10,15,17H,11-14H2,1H3,(H,25,26)(H,27,28). The van der Waals surface area contributed by atoms with E-state index in [-0.39, 0.29) is 12.3 Å². The summed E-state index contributed by atoms with van der Waals surface area (Å²) < 4.78 is 12.1. The first-order valence-electron chi connectivity index (χ1n) is 10.0. The van der Waals surface area contributed by atoms with Crippen molar-refractivity contribution >= 4 is 11.8 Å². The number of carboxylic acid groups (broad SMARTS) is 1. The quantitative estimate of drug-likeness (QED) is 0.597. The molecular formula is C24H24N2O4. The van der Waals surface area contributed by atoms with Gasteiger partial charge in [-0.25, -0.2) is 4.98 Å². The minimum atomic E-state index is -0.811. The first-order chi connectivity index (χ1) is 14.6. The SMILES string of the molecule is CNc1cccc(CCOc2ccc3c(c2)Oc2ccccc2C(CC(=O)O)C3)n1. The van der Waals surface area contributed by atoms with Gasteiger partial charge in [-0.15, -0.1) is 0 Å². The van der Waals surface area contributed by atoms with Crippen molar-refractivity contribution in [2.45, 2.75) is 25.2 Å². The lowest BCUT2D eigenvalue weighted by molar-refractivity contribution is -0.137. The predicted octanol–water partition coefficient (Wildman–Crippen LogP) is 4.65. The summed E-state index contributed by atoms with van der Waals surface area (Å²) in [6, 6.07) is 19.3. The topological polar surface area (TPSA) is 80.7 Å². The van der Waals surface area contributed by atoms with Crippen molar-refractivity contribution in [2.75, 3.05) is 19.0 Å². The van der Waals surface area contributed by atoms with Gasteiger partial charge in [0, 0.05) is 31.1 Å². The van der Waals surface area contributed by atoms with E-state index in [1.807, 2.05) is 67.7 Å². The molecule has 1 atom stereocenters. The molecule has 2 N–H and O–H groups in total. The lowest BCUT2D eigenvalue weighted by atomic mass is 9.89. The number of carboxylic acids is 1. The second-order valence-corrected chi connectivity index (χ2v) is 7.27. The number of para-hydroxylation sites is 1. The van der Waals surface area contributed by atoms with E-state index in [2.05, 4.69) is 10.3 Å². The molecule has 0 bridgehead atoms. The lowest BCUT2D eigenvalue weighted by Gasteiger charge is -2.14. The molecule has 0 saturated carbocycles. The molecule has 2 heterocycles. The zero-order valence-electron chi connectivity index (χ0n) is 16.8. The molecule has 0 radical (unpaired) electrons. The van der Waals surface area contributed by atoms with Crippen molar-refractivity contribution in [1.29, 1.82) is 0 Å². The highest BCUT2D eigenvalue weighted by molar-refractivity contribution is 5.69. The summed E-state index contributed by atoms with van der Waals surface area (Å²) in [6.45, 7) is 0.497. The van der Waals surface area contributed by atoms with E-state index in [1.54, 1.807) is 0 Å². The van der Waals surface area contributed by atoms with Crippen LogP contribution < -0.4 is 14.8 Å². The Bertz CT molecular complexity index is 1050. The van der Waals surface area contributed by atoms with Crippen molar-refractivity contribution in [3.05, 3.63) is 77.5 Å². The maximum atomic E-state index is 11.4. The number of pyridine rings is 1. The van der Waals surface area contributed by atoms with Gasteiger partial charge in [0.25, 0.3) is 0 Å². The van der Waals surface area contributed by atoms with Crippen molar-refractivity contribution < 1.29 is 19.4 Å². The molecule has 0 aliphatic carbocycles. The minimum absolute atomic E-state index is 0.0662. The van der Waals surface area contributed by atoms with Crippen LogP contribution in [0.15, 0.2) is 60.7 Å². The Morgan fingerprint density at radius 1 is 1.17 bits per heavy atom. The number of hydrogen-bond acceptors (Lipinski definition) is 5. The number of nitrogens with one attached hydrogen (secondary N) is 1. The summed E-state index contributed by atoms with van der Waals surface area (Å²) in [7, 11) is 1.84. The number of aliphatic carboxylic acids is 1. The highest BCUT2D eigenvalue weighted by atomic mass is 16.5. The van der Waals surface area contributed by atoms with Crippen molar-refractivity contribution in [3.8, 4) is 17.2 Å². The lowest BCUT2D eigenvalue weighted by Crippen LogP contribution is -2.08. The fourth-order valence-corrected chi connectivity index (χ4v) is 3.72. The molecule has 0 saturated heterocycles.